The number of hydrogen-bond acceptors (Lipinski definition) is 3. The number of alkyl halides is 2. The van der Waals surface area contributed by atoms with Gasteiger partial charge in [-0.1, -0.05) is 11.6 Å². The molecular formula is C10H10ClF2NO2. The summed E-state index contributed by atoms with van der Waals surface area (Å²) in [5, 5.41) is -0.0932. The maximum absolute atomic E-state index is 12.3. The zero-order chi connectivity index (χ0) is 12.1. The molecule has 1 heterocycles. The SMILES string of the molecule is CCOC(=O)Cc1cc(Cl)c(C(F)F)cn1. The van der Waals surface area contributed by atoms with Crippen molar-refractivity contribution in [3.8, 4) is 0 Å². The normalized spacial score (nSPS) is 10.6. The molecule has 0 radical (unpaired) electrons. The van der Waals surface area contributed by atoms with Gasteiger partial charge in [0.15, 0.2) is 0 Å². The molecule has 6 heteroatoms. The highest BCUT2D eigenvalue weighted by Crippen LogP contribution is 2.26. The number of carbonyl (C=O) groups excluding carboxylic acids is 1. The van der Waals surface area contributed by atoms with Crippen molar-refractivity contribution in [1.82, 2.24) is 4.98 Å². The summed E-state index contributed by atoms with van der Waals surface area (Å²) in [6, 6.07) is 1.25. The molecule has 3 nitrogen and oxygen atoms in total. The summed E-state index contributed by atoms with van der Waals surface area (Å²) in [5.41, 5.74) is -0.0258. The van der Waals surface area contributed by atoms with Crippen LogP contribution in [0.2, 0.25) is 5.02 Å². The summed E-state index contributed by atoms with van der Waals surface area (Å²) in [7, 11) is 0. The van der Waals surface area contributed by atoms with Crippen molar-refractivity contribution >= 4 is 17.6 Å². The van der Waals surface area contributed by atoms with Crippen molar-refractivity contribution in [2.24, 2.45) is 0 Å². The second kappa shape index (κ2) is 5.75. The van der Waals surface area contributed by atoms with Gasteiger partial charge in [-0.3, -0.25) is 9.78 Å². The Bertz CT molecular complexity index is 385. The molecule has 1 aromatic heterocycles. The summed E-state index contributed by atoms with van der Waals surface area (Å²) in [6.45, 7) is 1.94. The maximum atomic E-state index is 12.3. The molecule has 0 saturated carbocycles. The first-order valence-corrected chi connectivity index (χ1v) is 5.00. The molecule has 0 fully saturated rings. The van der Waals surface area contributed by atoms with Crippen molar-refractivity contribution in [3.05, 3.63) is 28.5 Å². The van der Waals surface area contributed by atoms with Gasteiger partial charge in [0.25, 0.3) is 6.43 Å². The summed E-state index contributed by atoms with van der Waals surface area (Å²) in [6.07, 6.45) is -1.77. The monoisotopic (exact) mass is 249 g/mol. The summed E-state index contributed by atoms with van der Waals surface area (Å²) in [5.74, 6) is -0.462. The van der Waals surface area contributed by atoms with E-state index in [0.717, 1.165) is 6.20 Å². The van der Waals surface area contributed by atoms with E-state index in [4.69, 9.17) is 16.3 Å². The van der Waals surface area contributed by atoms with Crippen LogP contribution in [0.1, 0.15) is 24.6 Å². The Balaban J connectivity index is 2.77. The van der Waals surface area contributed by atoms with E-state index in [1.165, 1.54) is 6.07 Å². The van der Waals surface area contributed by atoms with Crippen LogP contribution in [0.25, 0.3) is 0 Å². The van der Waals surface area contributed by atoms with Gasteiger partial charge in [-0.25, -0.2) is 8.78 Å². The van der Waals surface area contributed by atoms with Gasteiger partial charge in [0.05, 0.1) is 29.3 Å². The first-order valence-electron chi connectivity index (χ1n) is 4.62. The lowest BCUT2D eigenvalue weighted by atomic mass is 10.2. The average Bonchev–Trinajstić information content (AvgIpc) is 2.17. The quantitative estimate of drug-likeness (QED) is 0.771. The number of aromatic nitrogens is 1. The van der Waals surface area contributed by atoms with Gasteiger partial charge in [-0.2, -0.15) is 0 Å². The van der Waals surface area contributed by atoms with E-state index in [-0.39, 0.29) is 23.6 Å². The smallest absolute Gasteiger partial charge is 0.311 e. The third kappa shape index (κ3) is 3.41. The van der Waals surface area contributed by atoms with Crippen molar-refractivity contribution in [1.29, 1.82) is 0 Å². The number of carbonyl (C=O) groups is 1. The Kier molecular flexibility index (Phi) is 4.61. The molecule has 1 rings (SSSR count). The van der Waals surface area contributed by atoms with E-state index in [0.29, 0.717) is 5.69 Å². The van der Waals surface area contributed by atoms with Gasteiger partial charge >= 0.3 is 5.97 Å². The highest BCUT2D eigenvalue weighted by Gasteiger charge is 2.14. The Morgan fingerprint density at radius 1 is 1.62 bits per heavy atom. The molecule has 0 atom stereocenters. The number of esters is 1. The number of nitrogens with zero attached hydrogens (tertiary/aromatic N) is 1. The topological polar surface area (TPSA) is 39.2 Å². The molecule has 0 aliphatic carbocycles. The highest BCUT2D eigenvalue weighted by molar-refractivity contribution is 6.31. The molecule has 88 valence electrons. The van der Waals surface area contributed by atoms with Crippen LogP contribution in [-0.2, 0) is 16.0 Å². The van der Waals surface area contributed by atoms with Crippen LogP contribution in [0.15, 0.2) is 12.3 Å². The minimum absolute atomic E-state index is 0.0723. The molecule has 0 spiro atoms. The Morgan fingerprint density at radius 2 is 2.31 bits per heavy atom. The molecule has 0 aliphatic rings. The van der Waals surface area contributed by atoms with Crippen LogP contribution in [-0.4, -0.2) is 17.6 Å². The predicted octanol–water partition coefficient (Wildman–Crippen LogP) is 2.78. The van der Waals surface area contributed by atoms with E-state index in [2.05, 4.69) is 4.98 Å². The van der Waals surface area contributed by atoms with Gasteiger partial charge in [0.1, 0.15) is 0 Å². The fourth-order valence-electron chi connectivity index (χ4n) is 1.10. The van der Waals surface area contributed by atoms with Gasteiger partial charge in [0, 0.05) is 6.20 Å². The fourth-order valence-corrected chi connectivity index (χ4v) is 1.36. The van der Waals surface area contributed by atoms with E-state index < -0.39 is 12.4 Å². The zero-order valence-corrected chi connectivity index (χ0v) is 9.30. The lowest BCUT2D eigenvalue weighted by Gasteiger charge is -2.05. The molecule has 0 aromatic carbocycles. The van der Waals surface area contributed by atoms with Crippen molar-refractivity contribution < 1.29 is 18.3 Å². The van der Waals surface area contributed by atoms with Crippen molar-refractivity contribution in [2.45, 2.75) is 19.8 Å². The predicted molar refractivity (Wildman–Crippen MR) is 54.5 cm³/mol. The number of rotatable bonds is 4. The maximum Gasteiger partial charge on any atom is 0.311 e. The lowest BCUT2D eigenvalue weighted by Crippen LogP contribution is -2.09. The van der Waals surface area contributed by atoms with E-state index in [1.807, 2.05) is 0 Å². The Labute approximate surface area is 96.4 Å². The fraction of sp³-hybridized carbons (Fsp3) is 0.400. The molecule has 0 saturated heterocycles. The first kappa shape index (κ1) is 12.8. The Morgan fingerprint density at radius 3 is 2.81 bits per heavy atom. The third-order valence-corrected chi connectivity index (χ3v) is 2.13. The van der Waals surface area contributed by atoms with Crippen LogP contribution in [0.3, 0.4) is 0 Å². The number of hydrogen-bond donors (Lipinski definition) is 0. The molecule has 1 aromatic rings. The van der Waals surface area contributed by atoms with Crippen LogP contribution in [0.4, 0.5) is 8.78 Å². The third-order valence-electron chi connectivity index (χ3n) is 1.80. The molecular weight excluding hydrogens is 240 g/mol. The first-order chi connectivity index (χ1) is 7.54. The zero-order valence-electron chi connectivity index (χ0n) is 8.54. The van der Waals surface area contributed by atoms with E-state index in [1.54, 1.807) is 6.92 Å². The highest BCUT2D eigenvalue weighted by atomic mass is 35.5. The van der Waals surface area contributed by atoms with Crippen molar-refractivity contribution in [2.75, 3.05) is 6.61 Å². The second-order valence-electron chi connectivity index (χ2n) is 2.98. The number of pyridine rings is 1. The minimum atomic E-state index is -2.67. The number of halogens is 3. The molecule has 16 heavy (non-hydrogen) atoms. The summed E-state index contributed by atoms with van der Waals surface area (Å²) < 4.78 is 29.3. The van der Waals surface area contributed by atoms with Gasteiger partial charge in [-0.05, 0) is 13.0 Å². The average molecular weight is 250 g/mol. The van der Waals surface area contributed by atoms with Crippen LogP contribution < -0.4 is 0 Å². The molecule has 0 N–H and O–H groups in total. The van der Waals surface area contributed by atoms with Crippen LogP contribution in [0.5, 0.6) is 0 Å². The van der Waals surface area contributed by atoms with Crippen LogP contribution >= 0.6 is 11.6 Å². The molecule has 0 aliphatic heterocycles. The van der Waals surface area contributed by atoms with Gasteiger partial charge < -0.3 is 4.74 Å². The van der Waals surface area contributed by atoms with E-state index >= 15 is 0 Å². The largest absolute Gasteiger partial charge is 0.466 e. The lowest BCUT2D eigenvalue weighted by molar-refractivity contribution is -0.142. The number of ether oxygens (including phenoxy) is 1. The second-order valence-corrected chi connectivity index (χ2v) is 3.39. The Hall–Kier alpha value is -1.23. The standard InChI is InChI=1S/C10H10ClF2NO2/c1-2-16-9(15)4-6-3-8(11)7(5-14-6)10(12)13/h3,5,10H,2,4H2,1H3. The van der Waals surface area contributed by atoms with E-state index in [9.17, 15) is 13.6 Å². The van der Waals surface area contributed by atoms with Gasteiger partial charge in [-0.15, -0.1) is 0 Å². The molecule has 0 bridgehead atoms. The summed E-state index contributed by atoms with van der Waals surface area (Å²) in [4.78, 5) is 14.8. The van der Waals surface area contributed by atoms with Gasteiger partial charge in [0.2, 0.25) is 0 Å². The van der Waals surface area contributed by atoms with Crippen molar-refractivity contribution in [3.63, 3.8) is 0 Å². The summed E-state index contributed by atoms with van der Waals surface area (Å²) >= 11 is 5.61. The molecule has 0 amide bonds. The van der Waals surface area contributed by atoms with Crippen LogP contribution in [0, 0.1) is 0 Å². The minimum Gasteiger partial charge on any atom is -0.466 e. The molecule has 0 unspecified atom stereocenters.